The number of aryl methyl sites for hydroxylation is 1. The van der Waals surface area contributed by atoms with Crippen molar-refractivity contribution in [3.05, 3.63) is 57.8 Å². The van der Waals surface area contributed by atoms with E-state index in [-0.39, 0.29) is 6.04 Å². The third-order valence-corrected chi connectivity index (χ3v) is 4.89. The smallest absolute Gasteiger partial charge is 0.00854 e. The van der Waals surface area contributed by atoms with Crippen LogP contribution in [0.1, 0.15) is 41.9 Å². The van der Waals surface area contributed by atoms with Gasteiger partial charge in [-0.2, -0.15) is 11.3 Å². The zero-order chi connectivity index (χ0) is 13.1. The molecule has 2 heteroatoms. The van der Waals surface area contributed by atoms with Crippen LogP contribution in [0.5, 0.6) is 0 Å². The van der Waals surface area contributed by atoms with E-state index in [1.807, 2.05) is 0 Å². The molecule has 1 aliphatic carbocycles. The van der Waals surface area contributed by atoms with Crippen LogP contribution >= 0.6 is 11.3 Å². The van der Waals surface area contributed by atoms with Gasteiger partial charge in [-0.05, 0) is 71.5 Å². The van der Waals surface area contributed by atoms with E-state index in [1.165, 1.54) is 24.8 Å². The van der Waals surface area contributed by atoms with Crippen molar-refractivity contribution in [2.75, 3.05) is 0 Å². The molecule has 0 saturated heterocycles. The Balaban J connectivity index is 1.67. The van der Waals surface area contributed by atoms with Crippen molar-refractivity contribution in [1.82, 2.24) is 0 Å². The van der Waals surface area contributed by atoms with Crippen LogP contribution in [0.2, 0.25) is 0 Å². The Morgan fingerprint density at radius 1 is 1.26 bits per heavy atom. The molecule has 0 amide bonds. The van der Waals surface area contributed by atoms with Crippen LogP contribution in [0.3, 0.4) is 0 Å². The number of fused-ring (bicyclic) bond motifs is 1. The van der Waals surface area contributed by atoms with Gasteiger partial charge >= 0.3 is 0 Å². The van der Waals surface area contributed by atoms with E-state index < -0.39 is 0 Å². The maximum Gasteiger partial charge on any atom is 0.00854 e. The predicted molar refractivity (Wildman–Crippen MR) is 82.7 cm³/mol. The molecule has 0 radical (unpaired) electrons. The molecule has 2 aromatic rings. The summed E-state index contributed by atoms with van der Waals surface area (Å²) < 4.78 is 0. The number of thiophene rings is 1. The Hall–Kier alpha value is -1.12. The van der Waals surface area contributed by atoms with Gasteiger partial charge in [-0.15, -0.1) is 0 Å². The van der Waals surface area contributed by atoms with Gasteiger partial charge in [0.1, 0.15) is 0 Å². The summed E-state index contributed by atoms with van der Waals surface area (Å²) in [5.41, 5.74) is 10.8. The maximum absolute atomic E-state index is 6.36. The maximum atomic E-state index is 6.36. The lowest BCUT2D eigenvalue weighted by atomic mass is 9.79. The van der Waals surface area contributed by atoms with E-state index >= 15 is 0 Å². The molecule has 3 rings (SSSR count). The zero-order valence-corrected chi connectivity index (χ0v) is 12.0. The summed E-state index contributed by atoms with van der Waals surface area (Å²) in [5.74, 6) is 0.665. The molecular weight excluding hydrogens is 250 g/mol. The van der Waals surface area contributed by atoms with Crippen molar-refractivity contribution in [3.8, 4) is 0 Å². The molecule has 100 valence electrons. The van der Waals surface area contributed by atoms with Gasteiger partial charge in [-0.1, -0.05) is 24.3 Å². The quantitative estimate of drug-likeness (QED) is 0.889. The van der Waals surface area contributed by atoms with Gasteiger partial charge in [-0.25, -0.2) is 0 Å². The van der Waals surface area contributed by atoms with E-state index in [0.717, 1.165) is 12.8 Å². The van der Waals surface area contributed by atoms with Gasteiger partial charge in [0.05, 0.1) is 0 Å². The van der Waals surface area contributed by atoms with Gasteiger partial charge in [0.25, 0.3) is 0 Å². The first-order chi connectivity index (χ1) is 9.33. The molecule has 1 aromatic carbocycles. The molecule has 0 saturated carbocycles. The fourth-order valence-corrected chi connectivity index (χ4v) is 3.94. The molecule has 2 atom stereocenters. The standard InChI is InChI=1S/C17H21NS/c18-16(10-13-8-9-19-12-13)11-15-6-3-5-14-4-1-2-7-17(14)15/h1-2,4,7-9,12,15-16H,3,5-6,10-11,18H2. The van der Waals surface area contributed by atoms with E-state index in [9.17, 15) is 0 Å². The average molecular weight is 271 g/mol. The van der Waals surface area contributed by atoms with Crippen LogP contribution in [-0.2, 0) is 12.8 Å². The highest BCUT2D eigenvalue weighted by Crippen LogP contribution is 2.34. The molecule has 1 aliphatic rings. The molecule has 2 N–H and O–H groups in total. The van der Waals surface area contributed by atoms with Crippen molar-refractivity contribution in [2.45, 2.75) is 44.1 Å². The molecule has 0 spiro atoms. The summed E-state index contributed by atoms with van der Waals surface area (Å²) in [6.45, 7) is 0. The third kappa shape index (κ3) is 3.07. The number of benzene rings is 1. The highest BCUT2D eigenvalue weighted by atomic mass is 32.1. The van der Waals surface area contributed by atoms with Crippen molar-refractivity contribution < 1.29 is 0 Å². The Labute approximate surface area is 119 Å². The lowest BCUT2D eigenvalue weighted by molar-refractivity contribution is 0.466. The van der Waals surface area contributed by atoms with Crippen LogP contribution in [0.4, 0.5) is 0 Å². The minimum Gasteiger partial charge on any atom is -0.327 e. The normalized spacial score (nSPS) is 19.9. The zero-order valence-electron chi connectivity index (χ0n) is 11.2. The first-order valence-corrected chi connectivity index (χ1v) is 8.11. The molecule has 2 unspecified atom stereocenters. The number of rotatable bonds is 4. The molecule has 0 bridgehead atoms. The molecule has 0 aliphatic heterocycles. The van der Waals surface area contributed by atoms with Crippen LogP contribution < -0.4 is 5.73 Å². The van der Waals surface area contributed by atoms with Crippen LogP contribution in [0, 0.1) is 0 Å². The van der Waals surface area contributed by atoms with Crippen LogP contribution in [-0.4, -0.2) is 6.04 Å². The number of hydrogen-bond donors (Lipinski definition) is 1. The second-order valence-corrected chi connectivity index (χ2v) is 6.40. The summed E-state index contributed by atoms with van der Waals surface area (Å²) in [7, 11) is 0. The number of nitrogens with two attached hydrogens (primary N) is 1. The first-order valence-electron chi connectivity index (χ1n) is 7.17. The first kappa shape index (κ1) is 12.9. The lowest BCUT2D eigenvalue weighted by Gasteiger charge is -2.27. The molecule has 1 aromatic heterocycles. The van der Waals surface area contributed by atoms with Gasteiger partial charge in [0.2, 0.25) is 0 Å². The van der Waals surface area contributed by atoms with Gasteiger partial charge in [0, 0.05) is 6.04 Å². The predicted octanol–water partition coefficient (Wildman–Crippen LogP) is 4.13. The Kier molecular flexibility index (Phi) is 4.00. The topological polar surface area (TPSA) is 26.0 Å². The van der Waals surface area contributed by atoms with E-state index in [2.05, 4.69) is 41.1 Å². The summed E-state index contributed by atoms with van der Waals surface area (Å²) >= 11 is 1.76. The van der Waals surface area contributed by atoms with Crippen molar-refractivity contribution in [3.63, 3.8) is 0 Å². The van der Waals surface area contributed by atoms with E-state index in [4.69, 9.17) is 5.73 Å². The van der Waals surface area contributed by atoms with Crippen molar-refractivity contribution >= 4 is 11.3 Å². The summed E-state index contributed by atoms with van der Waals surface area (Å²) in [4.78, 5) is 0. The highest BCUT2D eigenvalue weighted by Gasteiger charge is 2.21. The van der Waals surface area contributed by atoms with Gasteiger partial charge < -0.3 is 5.73 Å². The van der Waals surface area contributed by atoms with Gasteiger partial charge in [-0.3, -0.25) is 0 Å². The largest absolute Gasteiger partial charge is 0.327 e. The molecule has 0 fully saturated rings. The van der Waals surface area contributed by atoms with E-state index in [0.29, 0.717) is 5.92 Å². The van der Waals surface area contributed by atoms with Gasteiger partial charge in [0.15, 0.2) is 0 Å². The molecule has 1 heterocycles. The highest BCUT2D eigenvalue weighted by molar-refractivity contribution is 7.07. The lowest BCUT2D eigenvalue weighted by Crippen LogP contribution is -2.26. The Morgan fingerprint density at radius 3 is 3.00 bits per heavy atom. The summed E-state index contributed by atoms with van der Waals surface area (Å²) in [6.07, 6.45) is 5.99. The minimum absolute atomic E-state index is 0.283. The van der Waals surface area contributed by atoms with Crippen LogP contribution in [0.15, 0.2) is 41.1 Å². The average Bonchev–Trinajstić information content (AvgIpc) is 2.92. The van der Waals surface area contributed by atoms with Crippen molar-refractivity contribution in [1.29, 1.82) is 0 Å². The summed E-state index contributed by atoms with van der Waals surface area (Å²) in [6, 6.07) is 11.4. The third-order valence-electron chi connectivity index (χ3n) is 4.16. The monoisotopic (exact) mass is 271 g/mol. The Morgan fingerprint density at radius 2 is 2.16 bits per heavy atom. The molecule has 1 nitrogen and oxygen atoms in total. The molecular formula is C17H21NS. The fraction of sp³-hybridized carbons (Fsp3) is 0.412. The second-order valence-electron chi connectivity index (χ2n) is 5.62. The second kappa shape index (κ2) is 5.89. The summed E-state index contributed by atoms with van der Waals surface area (Å²) in [5, 5.41) is 4.35. The minimum atomic E-state index is 0.283. The SMILES string of the molecule is NC(Cc1ccsc1)CC1CCCc2ccccc21. The van der Waals surface area contributed by atoms with Crippen LogP contribution in [0.25, 0.3) is 0 Å². The fourth-order valence-electron chi connectivity index (χ4n) is 3.26. The van der Waals surface area contributed by atoms with E-state index in [1.54, 1.807) is 22.5 Å². The molecule has 19 heavy (non-hydrogen) atoms. The Bertz CT molecular complexity index is 518. The number of hydrogen-bond acceptors (Lipinski definition) is 2. The van der Waals surface area contributed by atoms with Crippen molar-refractivity contribution in [2.24, 2.45) is 5.73 Å².